The van der Waals surface area contributed by atoms with Crippen molar-refractivity contribution in [2.75, 3.05) is 0 Å². The lowest BCUT2D eigenvalue weighted by atomic mass is 10.1. The molecule has 8 nitrogen and oxygen atoms in total. The molecule has 1 aliphatic carbocycles. The van der Waals surface area contributed by atoms with Crippen molar-refractivity contribution < 1.29 is 38.5 Å². The summed E-state index contributed by atoms with van der Waals surface area (Å²) in [5.74, 6) is -5.81. The van der Waals surface area contributed by atoms with Crippen LogP contribution in [-0.4, -0.2) is 28.8 Å². The Morgan fingerprint density at radius 2 is 0.838 bits per heavy atom. The molecule has 0 spiro atoms. The van der Waals surface area contributed by atoms with Gasteiger partial charge in [-0.1, -0.05) is 91.0 Å². The molecule has 8 heteroatoms. The van der Waals surface area contributed by atoms with Crippen molar-refractivity contribution in [3.63, 3.8) is 0 Å². The number of carbonyl (C=O) groups excluding carboxylic acids is 4. The third-order valence-corrected chi connectivity index (χ3v) is 5.43. The number of Topliss-reactive ketones (excluding diaryl/α,β-unsaturated/α-hetero) is 1. The van der Waals surface area contributed by atoms with Crippen molar-refractivity contribution in [1.29, 1.82) is 0 Å². The summed E-state index contributed by atoms with van der Waals surface area (Å²) in [5, 5.41) is 10.5. The van der Waals surface area contributed by atoms with E-state index in [2.05, 4.69) is 0 Å². The molecule has 0 aliphatic heterocycles. The van der Waals surface area contributed by atoms with Crippen molar-refractivity contribution in [3.05, 3.63) is 130 Å². The monoisotopic (exact) mass is 498 g/mol. The van der Waals surface area contributed by atoms with E-state index in [-0.39, 0.29) is 19.8 Å². The largest absolute Gasteiger partial charge is 0.503 e. The summed E-state index contributed by atoms with van der Waals surface area (Å²) in [7, 11) is 0. The minimum atomic E-state index is -1.23. The molecule has 0 unspecified atom stereocenters. The zero-order chi connectivity index (χ0) is 26.2. The molecule has 1 N–H and O–H groups in total. The molecule has 0 amide bonds. The highest BCUT2D eigenvalue weighted by Crippen LogP contribution is 2.32. The second kappa shape index (κ2) is 11.6. The van der Waals surface area contributed by atoms with Gasteiger partial charge in [-0.15, -0.1) is 0 Å². The van der Waals surface area contributed by atoms with Crippen LogP contribution in [0.1, 0.15) is 16.7 Å². The van der Waals surface area contributed by atoms with Gasteiger partial charge in [0.1, 0.15) is 31.0 Å². The second-order valence-corrected chi connectivity index (χ2v) is 7.99. The van der Waals surface area contributed by atoms with Gasteiger partial charge in [-0.25, -0.2) is 14.4 Å². The van der Waals surface area contributed by atoms with Crippen LogP contribution in [0.3, 0.4) is 0 Å². The van der Waals surface area contributed by atoms with E-state index in [0.717, 1.165) is 0 Å². The number of hydrogen-bond donors (Lipinski definition) is 1. The number of rotatable bonds is 9. The van der Waals surface area contributed by atoms with Gasteiger partial charge in [0.25, 0.3) is 0 Å². The van der Waals surface area contributed by atoms with Gasteiger partial charge in [0.2, 0.25) is 5.78 Å². The summed E-state index contributed by atoms with van der Waals surface area (Å²) in [6.07, 6.45) is 0. The average molecular weight is 498 g/mol. The fourth-order valence-electron chi connectivity index (χ4n) is 3.57. The Balaban J connectivity index is 1.61. The first-order chi connectivity index (χ1) is 18.0. The van der Waals surface area contributed by atoms with Gasteiger partial charge in [0, 0.05) is 0 Å². The maximum Gasteiger partial charge on any atom is 0.343 e. The van der Waals surface area contributed by atoms with Crippen LogP contribution in [0, 0.1) is 0 Å². The fourth-order valence-corrected chi connectivity index (χ4v) is 3.57. The Hall–Kier alpha value is -4.98. The lowest BCUT2D eigenvalue weighted by molar-refractivity contribution is -0.145. The SMILES string of the molecule is O=C(OCc1ccccc1)C1=C(O)C(=O)C(C(=O)OCc2ccccc2)=C1C(=O)OCc1ccccc1. The van der Waals surface area contributed by atoms with E-state index >= 15 is 0 Å². The molecule has 3 aromatic carbocycles. The molecule has 0 bridgehead atoms. The summed E-state index contributed by atoms with van der Waals surface area (Å²) in [5.41, 5.74) is -0.330. The molecular weight excluding hydrogens is 476 g/mol. The topological polar surface area (TPSA) is 116 Å². The molecule has 0 atom stereocenters. The number of carbonyl (C=O) groups is 4. The lowest BCUT2D eigenvalue weighted by Crippen LogP contribution is -2.20. The van der Waals surface area contributed by atoms with Crippen molar-refractivity contribution >= 4 is 23.7 Å². The Kier molecular flexibility index (Phi) is 7.90. The predicted molar refractivity (Wildman–Crippen MR) is 130 cm³/mol. The number of aliphatic hydroxyl groups is 1. The van der Waals surface area contributed by atoms with Crippen molar-refractivity contribution in [1.82, 2.24) is 0 Å². The minimum Gasteiger partial charge on any atom is -0.503 e. The summed E-state index contributed by atoms with van der Waals surface area (Å²) < 4.78 is 15.7. The summed E-state index contributed by atoms with van der Waals surface area (Å²) in [4.78, 5) is 51.8. The van der Waals surface area contributed by atoms with Crippen molar-refractivity contribution in [2.24, 2.45) is 0 Å². The molecule has 37 heavy (non-hydrogen) atoms. The molecule has 3 aromatic rings. The van der Waals surface area contributed by atoms with E-state index in [1.54, 1.807) is 91.0 Å². The molecule has 4 rings (SSSR count). The number of ether oxygens (including phenoxy) is 3. The quantitative estimate of drug-likeness (QED) is 0.268. The Morgan fingerprint density at radius 3 is 1.22 bits per heavy atom. The van der Waals surface area contributed by atoms with E-state index in [1.165, 1.54) is 0 Å². The van der Waals surface area contributed by atoms with Gasteiger partial charge in [-0.2, -0.15) is 0 Å². The average Bonchev–Trinajstić information content (AvgIpc) is 3.21. The van der Waals surface area contributed by atoms with E-state index in [4.69, 9.17) is 14.2 Å². The van der Waals surface area contributed by atoms with Crippen LogP contribution >= 0.6 is 0 Å². The number of ketones is 1. The maximum atomic E-state index is 13.1. The van der Waals surface area contributed by atoms with Crippen LogP contribution in [-0.2, 0) is 53.2 Å². The highest BCUT2D eigenvalue weighted by Gasteiger charge is 2.45. The second-order valence-electron chi connectivity index (χ2n) is 7.99. The predicted octanol–water partition coefficient (Wildman–Crippen LogP) is 3.91. The standard InChI is InChI=1S/C29H22O8/c30-25-23(28(33)36-17-20-12-6-2-7-13-20)22(27(32)35-16-19-10-4-1-5-11-19)24(26(25)31)29(34)37-18-21-14-8-3-9-15-21/h1-15H,16-18H2,(H,30,31). The van der Waals surface area contributed by atoms with Gasteiger partial charge in [-0.3, -0.25) is 4.79 Å². The zero-order valence-corrected chi connectivity index (χ0v) is 19.6. The van der Waals surface area contributed by atoms with Gasteiger partial charge in [0.15, 0.2) is 5.76 Å². The molecule has 0 saturated heterocycles. The van der Waals surface area contributed by atoms with Gasteiger partial charge >= 0.3 is 17.9 Å². The lowest BCUT2D eigenvalue weighted by Gasteiger charge is -2.11. The molecule has 0 aromatic heterocycles. The van der Waals surface area contributed by atoms with Crippen LogP contribution in [0.2, 0.25) is 0 Å². The van der Waals surface area contributed by atoms with E-state index < -0.39 is 46.2 Å². The number of esters is 3. The highest BCUT2D eigenvalue weighted by atomic mass is 16.5. The molecular formula is C29H22O8. The molecule has 1 aliphatic rings. The Bertz CT molecular complexity index is 1370. The number of benzene rings is 3. The summed E-state index contributed by atoms with van der Waals surface area (Å²) in [6, 6.07) is 26.0. The van der Waals surface area contributed by atoms with E-state index in [9.17, 15) is 24.3 Å². The fraction of sp³-hybridized carbons (Fsp3) is 0.103. The molecule has 186 valence electrons. The van der Waals surface area contributed by atoms with Gasteiger partial charge in [-0.05, 0) is 16.7 Å². The first-order valence-electron chi connectivity index (χ1n) is 11.3. The maximum absolute atomic E-state index is 13.1. The summed E-state index contributed by atoms with van der Waals surface area (Å²) in [6.45, 7) is -0.584. The Labute approximate surface area is 212 Å². The van der Waals surface area contributed by atoms with Crippen LogP contribution in [0.25, 0.3) is 0 Å². The smallest absolute Gasteiger partial charge is 0.343 e. The van der Waals surface area contributed by atoms with E-state index in [0.29, 0.717) is 16.7 Å². The molecule has 0 fully saturated rings. The number of allylic oxidation sites excluding steroid dienone is 1. The van der Waals surface area contributed by atoms with E-state index in [1.807, 2.05) is 0 Å². The number of aliphatic hydroxyl groups excluding tert-OH is 1. The first-order valence-corrected chi connectivity index (χ1v) is 11.3. The Morgan fingerprint density at radius 1 is 0.514 bits per heavy atom. The van der Waals surface area contributed by atoms with Crippen LogP contribution in [0.5, 0.6) is 0 Å². The third kappa shape index (κ3) is 5.99. The molecule has 0 heterocycles. The van der Waals surface area contributed by atoms with Gasteiger partial charge in [0.05, 0.1) is 5.57 Å². The zero-order valence-electron chi connectivity index (χ0n) is 19.6. The highest BCUT2D eigenvalue weighted by molar-refractivity contribution is 6.34. The minimum absolute atomic E-state index is 0.190. The normalized spacial score (nSPS) is 12.9. The summed E-state index contributed by atoms with van der Waals surface area (Å²) >= 11 is 0. The van der Waals surface area contributed by atoms with Gasteiger partial charge < -0.3 is 19.3 Å². The van der Waals surface area contributed by atoms with Crippen molar-refractivity contribution in [2.45, 2.75) is 19.8 Å². The third-order valence-electron chi connectivity index (χ3n) is 5.43. The van der Waals surface area contributed by atoms with Crippen LogP contribution < -0.4 is 0 Å². The van der Waals surface area contributed by atoms with Crippen LogP contribution in [0.15, 0.2) is 113 Å². The number of hydrogen-bond acceptors (Lipinski definition) is 8. The van der Waals surface area contributed by atoms with Crippen molar-refractivity contribution in [3.8, 4) is 0 Å². The first kappa shape index (κ1) is 25.1. The van der Waals surface area contributed by atoms with Crippen LogP contribution in [0.4, 0.5) is 0 Å². The molecule has 0 radical (unpaired) electrons. The molecule has 0 saturated carbocycles.